The molecule has 0 saturated heterocycles. The van der Waals surface area contributed by atoms with Gasteiger partial charge in [0.2, 0.25) is 17.7 Å². The van der Waals surface area contributed by atoms with Gasteiger partial charge in [-0.1, -0.05) is 18.2 Å². The second-order valence-corrected chi connectivity index (χ2v) is 6.75. The Morgan fingerprint density at radius 2 is 1.90 bits per heavy atom. The van der Waals surface area contributed by atoms with E-state index in [1.165, 1.54) is 16.8 Å². The van der Waals surface area contributed by atoms with Crippen LogP contribution in [0.3, 0.4) is 0 Å². The first-order chi connectivity index (χ1) is 14.5. The van der Waals surface area contributed by atoms with Crippen molar-refractivity contribution in [3.63, 3.8) is 0 Å². The Morgan fingerprint density at radius 3 is 2.60 bits per heavy atom. The van der Waals surface area contributed by atoms with E-state index in [9.17, 15) is 14.4 Å². The number of hydrogen-bond donors (Lipinski definition) is 3. The van der Waals surface area contributed by atoms with Crippen molar-refractivity contribution in [2.45, 2.75) is 12.5 Å². The van der Waals surface area contributed by atoms with Gasteiger partial charge in [-0.25, -0.2) is 4.68 Å². The lowest BCUT2D eigenvalue weighted by Gasteiger charge is -2.24. The van der Waals surface area contributed by atoms with Crippen molar-refractivity contribution in [2.24, 2.45) is 5.73 Å². The van der Waals surface area contributed by atoms with Crippen molar-refractivity contribution < 1.29 is 19.1 Å². The van der Waals surface area contributed by atoms with Gasteiger partial charge in [0.15, 0.2) is 0 Å². The molecular weight excluding hydrogens is 386 g/mol. The summed E-state index contributed by atoms with van der Waals surface area (Å²) in [6.07, 6.45) is 1.55. The third kappa shape index (κ3) is 3.48. The molecular formula is C21H19N5O4. The SMILES string of the molecule is COc1ccccc1-c1cnn2c1NC(=O)CC2C(=O)Nc1ccc(C(N)=O)cc1. The van der Waals surface area contributed by atoms with Gasteiger partial charge in [-0.05, 0) is 30.3 Å². The molecule has 0 spiro atoms. The van der Waals surface area contributed by atoms with Crippen LogP contribution in [0, 0.1) is 0 Å². The number of amides is 3. The quantitative estimate of drug-likeness (QED) is 0.599. The van der Waals surface area contributed by atoms with Gasteiger partial charge < -0.3 is 21.1 Å². The number of rotatable bonds is 5. The van der Waals surface area contributed by atoms with Crippen LogP contribution < -0.4 is 21.1 Å². The molecule has 152 valence electrons. The number of benzene rings is 2. The summed E-state index contributed by atoms with van der Waals surface area (Å²) in [6.45, 7) is 0. The third-order valence-corrected chi connectivity index (χ3v) is 4.86. The summed E-state index contributed by atoms with van der Waals surface area (Å²) in [4.78, 5) is 36.4. The van der Waals surface area contributed by atoms with E-state index in [1.54, 1.807) is 25.4 Å². The first-order valence-electron chi connectivity index (χ1n) is 9.19. The number of fused-ring (bicyclic) bond motifs is 1. The first kappa shape index (κ1) is 19.2. The summed E-state index contributed by atoms with van der Waals surface area (Å²) in [6, 6.07) is 12.7. The molecule has 4 N–H and O–H groups in total. The van der Waals surface area contributed by atoms with Crippen LogP contribution in [0.4, 0.5) is 11.5 Å². The smallest absolute Gasteiger partial charge is 0.249 e. The number of methoxy groups -OCH3 is 1. The fourth-order valence-electron chi connectivity index (χ4n) is 3.38. The molecule has 3 aromatic rings. The van der Waals surface area contributed by atoms with E-state index in [4.69, 9.17) is 10.5 Å². The Labute approximate surface area is 171 Å². The van der Waals surface area contributed by atoms with E-state index in [1.807, 2.05) is 24.3 Å². The number of nitrogens with zero attached hydrogens (tertiary/aromatic N) is 2. The highest BCUT2D eigenvalue weighted by Crippen LogP contribution is 2.38. The topological polar surface area (TPSA) is 128 Å². The maximum Gasteiger partial charge on any atom is 0.249 e. The van der Waals surface area contributed by atoms with Gasteiger partial charge in [0.05, 0.1) is 19.7 Å². The summed E-state index contributed by atoms with van der Waals surface area (Å²) in [7, 11) is 1.56. The monoisotopic (exact) mass is 405 g/mol. The Morgan fingerprint density at radius 1 is 1.17 bits per heavy atom. The van der Waals surface area contributed by atoms with Gasteiger partial charge in [-0.15, -0.1) is 0 Å². The minimum Gasteiger partial charge on any atom is -0.496 e. The summed E-state index contributed by atoms with van der Waals surface area (Å²) < 4.78 is 6.90. The maximum absolute atomic E-state index is 12.9. The van der Waals surface area contributed by atoms with E-state index >= 15 is 0 Å². The first-order valence-corrected chi connectivity index (χ1v) is 9.19. The van der Waals surface area contributed by atoms with Gasteiger partial charge in [0.1, 0.15) is 17.6 Å². The van der Waals surface area contributed by atoms with Crippen molar-refractivity contribution in [1.29, 1.82) is 0 Å². The molecule has 9 nitrogen and oxygen atoms in total. The highest BCUT2D eigenvalue weighted by molar-refractivity contribution is 6.03. The molecule has 1 aromatic heterocycles. The Kier molecular flexibility index (Phi) is 4.93. The minimum atomic E-state index is -0.826. The number of nitrogens with two attached hydrogens (primary N) is 1. The molecule has 1 aliphatic rings. The fourth-order valence-corrected chi connectivity index (χ4v) is 3.38. The molecule has 2 aromatic carbocycles. The summed E-state index contributed by atoms with van der Waals surface area (Å²) in [5.74, 6) is -0.179. The molecule has 0 saturated carbocycles. The number of anilines is 2. The zero-order valence-corrected chi connectivity index (χ0v) is 16.1. The molecule has 0 fully saturated rings. The average molecular weight is 405 g/mol. The van der Waals surface area contributed by atoms with E-state index < -0.39 is 17.9 Å². The number of carbonyl (C=O) groups excluding carboxylic acids is 3. The number of para-hydroxylation sites is 1. The lowest BCUT2D eigenvalue weighted by atomic mass is 10.1. The van der Waals surface area contributed by atoms with Crippen LogP contribution in [0.15, 0.2) is 54.7 Å². The second kappa shape index (κ2) is 7.70. The highest BCUT2D eigenvalue weighted by atomic mass is 16.5. The number of carbonyl (C=O) groups is 3. The minimum absolute atomic E-state index is 0.0503. The molecule has 1 atom stereocenters. The Balaban J connectivity index is 1.64. The van der Waals surface area contributed by atoms with E-state index in [-0.39, 0.29) is 12.3 Å². The molecule has 30 heavy (non-hydrogen) atoms. The summed E-state index contributed by atoms with van der Waals surface area (Å²) in [5, 5.41) is 9.90. The van der Waals surface area contributed by atoms with Crippen LogP contribution in [-0.4, -0.2) is 34.6 Å². The zero-order valence-electron chi connectivity index (χ0n) is 16.1. The molecule has 0 aliphatic carbocycles. The number of aromatic nitrogens is 2. The largest absolute Gasteiger partial charge is 0.496 e. The van der Waals surface area contributed by atoms with Gasteiger partial charge in [0.25, 0.3) is 0 Å². The number of primary amides is 1. The van der Waals surface area contributed by atoms with E-state index in [0.29, 0.717) is 28.4 Å². The van der Waals surface area contributed by atoms with Crippen LogP contribution in [-0.2, 0) is 9.59 Å². The molecule has 4 rings (SSSR count). The number of ether oxygens (including phenoxy) is 1. The zero-order chi connectivity index (χ0) is 21.3. The summed E-state index contributed by atoms with van der Waals surface area (Å²) >= 11 is 0. The predicted molar refractivity (Wildman–Crippen MR) is 110 cm³/mol. The Bertz CT molecular complexity index is 1140. The average Bonchev–Trinajstić information content (AvgIpc) is 3.16. The van der Waals surface area contributed by atoms with Crippen LogP contribution in [0.1, 0.15) is 22.8 Å². The lowest BCUT2D eigenvalue weighted by Crippen LogP contribution is -2.35. The summed E-state index contributed by atoms with van der Waals surface area (Å²) in [5.41, 5.74) is 7.46. The van der Waals surface area contributed by atoms with Gasteiger partial charge >= 0.3 is 0 Å². The van der Waals surface area contributed by atoms with Gasteiger partial charge in [-0.3, -0.25) is 14.4 Å². The van der Waals surface area contributed by atoms with E-state index in [0.717, 1.165) is 5.56 Å². The number of nitrogens with one attached hydrogen (secondary N) is 2. The second-order valence-electron chi connectivity index (χ2n) is 6.75. The highest BCUT2D eigenvalue weighted by Gasteiger charge is 2.33. The molecule has 3 amide bonds. The van der Waals surface area contributed by atoms with Crippen molar-refractivity contribution in [1.82, 2.24) is 9.78 Å². The van der Waals surface area contributed by atoms with Gasteiger partial charge in [-0.2, -0.15) is 5.10 Å². The van der Waals surface area contributed by atoms with Crippen LogP contribution in [0.2, 0.25) is 0 Å². The van der Waals surface area contributed by atoms with Crippen molar-refractivity contribution in [3.8, 4) is 16.9 Å². The maximum atomic E-state index is 12.9. The van der Waals surface area contributed by atoms with Crippen LogP contribution in [0.5, 0.6) is 5.75 Å². The molecule has 9 heteroatoms. The van der Waals surface area contributed by atoms with Crippen LogP contribution in [0.25, 0.3) is 11.1 Å². The molecule has 1 aliphatic heterocycles. The predicted octanol–water partition coefficient (Wildman–Crippen LogP) is 2.18. The number of hydrogen-bond acceptors (Lipinski definition) is 5. The van der Waals surface area contributed by atoms with Crippen molar-refractivity contribution in [3.05, 3.63) is 60.3 Å². The fraction of sp³-hybridized carbons (Fsp3) is 0.143. The molecule has 1 unspecified atom stereocenters. The van der Waals surface area contributed by atoms with E-state index in [2.05, 4.69) is 15.7 Å². The third-order valence-electron chi connectivity index (χ3n) is 4.86. The van der Waals surface area contributed by atoms with Gasteiger partial charge in [0, 0.05) is 22.4 Å². The van der Waals surface area contributed by atoms with Crippen LogP contribution >= 0.6 is 0 Å². The van der Waals surface area contributed by atoms with Crippen molar-refractivity contribution in [2.75, 3.05) is 17.7 Å². The normalized spacial score (nSPS) is 15.1. The standard InChI is InChI=1S/C21H19N5O4/c1-30-17-5-3-2-4-14(17)15-11-23-26-16(10-18(27)25-20(15)26)21(29)24-13-8-6-12(7-9-13)19(22)28/h2-9,11,16H,10H2,1H3,(H2,22,28)(H,24,29)(H,25,27). The van der Waals surface area contributed by atoms with Crippen molar-refractivity contribution >= 4 is 29.2 Å². The molecule has 0 radical (unpaired) electrons. The molecule has 2 heterocycles. The molecule has 0 bridgehead atoms. The lowest BCUT2D eigenvalue weighted by molar-refractivity contribution is -0.125. The Hall–Kier alpha value is -4.14.